The van der Waals surface area contributed by atoms with E-state index in [1.54, 1.807) is 43.3 Å². The van der Waals surface area contributed by atoms with Gasteiger partial charge in [0.25, 0.3) is 5.91 Å². The first-order valence-corrected chi connectivity index (χ1v) is 10.2. The Morgan fingerprint density at radius 3 is 1.83 bits per heavy atom. The van der Waals surface area contributed by atoms with E-state index in [9.17, 15) is 9.59 Å². The molecule has 0 fully saturated rings. The Bertz CT molecular complexity index is 889. The summed E-state index contributed by atoms with van der Waals surface area (Å²) in [5.74, 6) is 0.0464. The smallest absolute Gasteiger partial charge is 0.264 e. The van der Waals surface area contributed by atoms with E-state index in [2.05, 4.69) is 37.2 Å². The zero-order chi connectivity index (χ0) is 21.2. The number of rotatable bonds is 6. The third-order valence-electron chi connectivity index (χ3n) is 3.41. The van der Waals surface area contributed by atoms with Gasteiger partial charge >= 0.3 is 0 Å². The Hall–Kier alpha value is -2.56. The number of amides is 2. The highest BCUT2D eigenvalue weighted by molar-refractivity contribution is 9.10. The van der Waals surface area contributed by atoms with Crippen molar-refractivity contribution in [1.82, 2.24) is 10.6 Å². The summed E-state index contributed by atoms with van der Waals surface area (Å²) in [6, 6.07) is 14.2. The fraction of sp³-hybridized carbons (Fsp3) is 0.158. The molecule has 2 aromatic rings. The molecule has 0 atom stereocenters. The number of carbonyl (C=O) groups is 2. The lowest BCUT2D eigenvalue weighted by Crippen LogP contribution is -2.37. The van der Waals surface area contributed by atoms with Crippen LogP contribution in [-0.4, -0.2) is 28.6 Å². The van der Waals surface area contributed by atoms with E-state index < -0.39 is 0 Å². The van der Waals surface area contributed by atoms with Crippen LogP contribution in [-0.2, 0) is 9.59 Å². The first kappa shape index (κ1) is 22.7. The van der Waals surface area contributed by atoms with Crippen molar-refractivity contribution in [3.8, 4) is 5.75 Å². The zero-order valence-electron chi connectivity index (χ0n) is 15.5. The van der Waals surface area contributed by atoms with E-state index in [-0.39, 0.29) is 28.6 Å². The van der Waals surface area contributed by atoms with Crippen molar-refractivity contribution < 1.29 is 14.3 Å². The second kappa shape index (κ2) is 11.4. The summed E-state index contributed by atoms with van der Waals surface area (Å²) in [7, 11) is 0. The van der Waals surface area contributed by atoms with Gasteiger partial charge in [0.2, 0.25) is 5.91 Å². The van der Waals surface area contributed by atoms with Gasteiger partial charge < -0.3 is 20.7 Å². The maximum atomic E-state index is 11.9. The maximum absolute atomic E-state index is 11.9. The van der Waals surface area contributed by atoms with Crippen LogP contribution < -0.4 is 26.0 Å². The van der Waals surface area contributed by atoms with Crippen molar-refractivity contribution in [1.29, 1.82) is 0 Å². The third-order valence-corrected chi connectivity index (χ3v) is 4.35. The molecule has 152 valence electrons. The Balaban J connectivity index is 1.76. The summed E-state index contributed by atoms with van der Waals surface area (Å²) in [5, 5.41) is 11.3. The summed E-state index contributed by atoms with van der Waals surface area (Å²) in [6.07, 6.45) is 0.349. The summed E-state index contributed by atoms with van der Waals surface area (Å²) in [4.78, 5) is 23.2. The molecule has 0 saturated carbocycles. The molecule has 0 aliphatic rings. The average molecular weight is 495 g/mol. The van der Waals surface area contributed by atoms with Gasteiger partial charge in [-0.15, -0.1) is 0 Å². The molecule has 0 unspecified atom stereocenters. The molecule has 0 aliphatic carbocycles. The second-order valence-electron chi connectivity index (χ2n) is 5.68. The lowest BCUT2D eigenvalue weighted by Gasteiger charge is -2.12. The number of ether oxygens (including phenoxy) is 1. The molecule has 0 bridgehead atoms. The van der Waals surface area contributed by atoms with Crippen molar-refractivity contribution in [2.75, 3.05) is 17.2 Å². The molecule has 29 heavy (non-hydrogen) atoms. The number of thiocarbonyl (C=S) groups is 2. The Morgan fingerprint density at radius 2 is 1.34 bits per heavy atom. The lowest BCUT2D eigenvalue weighted by molar-refractivity contribution is -0.121. The molecule has 0 aliphatic heterocycles. The summed E-state index contributed by atoms with van der Waals surface area (Å²) >= 11 is 13.5. The monoisotopic (exact) mass is 494 g/mol. The van der Waals surface area contributed by atoms with Crippen LogP contribution in [0.3, 0.4) is 0 Å². The standard InChI is InChI=1S/C19H19BrN4O3S2/c1-2-16(25)23-18(28)21-13-5-7-14(8-6-13)22-19(29)24-17(26)11-27-15-9-3-12(20)4-10-15/h3-10H,2,11H2,1H3,(H2,21,23,25,28)(H2,22,24,26,29). The van der Waals surface area contributed by atoms with Gasteiger partial charge in [-0.25, -0.2) is 0 Å². The molecule has 0 spiro atoms. The van der Waals surface area contributed by atoms with Gasteiger partial charge in [0.05, 0.1) is 0 Å². The summed E-state index contributed by atoms with van der Waals surface area (Å²) in [5.41, 5.74) is 1.38. The first-order chi connectivity index (χ1) is 13.9. The van der Waals surface area contributed by atoms with E-state index in [1.807, 2.05) is 12.1 Å². The molecule has 0 aromatic heterocycles. The number of hydrogen-bond donors (Lipinski definition) is 4. The third kappa shape index (κ3) is 8.55. The molecular weight excluding hydrogens is 476 g/mol. The van der Waals surface area contributed by atoms with Crippen LogP contribution in [0.4, 0.5) is 11.4 Å². The van der Waals surface area contributed by atoms with Gasteiger partial charge in [0.1, 0.15) is 5.75 Å². The fourth-order valence-corrected chi connectivity index (χ4v) is 2.75. The molecule has 10 heteroatoms. The molecule has 0 saturated heterocycles. The highest BCUT2D eigenvalue weighted by Gasteiger charge is 2.07. The van der Waals surface area contributed by atoms with Gasteiger partial charge in [-0.2, -0.15) is 0 Å². The quantitative estimate of drug-likeness (QED) is 0.456. The Labute approximate surface area is 187 Å². The van der Waals surface area contributed by atoms with Gasteiger partial charge in [-0.3, -0.25) is 14.9 Å². The largest absolute Gasteiger partial charge is 0.484 e. The van der Waals surface area contributed by atoms with E-state index >= 15 is 0 Å². The van der Waals surface area contributed by atoms with Crippen molar-refractivity contribution in [2.24, 2.45) is 0 Å². The molecule has 0 radical (unpaired) electrons. The minimum atomic E-state index is -0.374. The minimum Gasteiger partial charge on any atom is -0.484 e. The first-order valence-electron chi connectivity index (χ1n) is 8.56. The predicted molar refractivity (Wildman–Crippen MR) is 125 cm³/mol. The van der Waals surface area contributed by atoms with Crippen LogP contribution in [0.5, 0.6) is 5.75 Å². The van der Waals surface area contributed by atoms with E-state index in [0.717, 1.165) is 4.47 Å². The SMILES string of the molecule is CCC(=O)NC(=S)Nc1ccc(NC(=S)NC(=O)COc2ccc(Br)cc2)cc1. The summed E-state index contributed by atoms with van der Waals surface area (Å²) in [6.45, 7) is 1.58. The number of nitrogens with one attached hydrogen (secondary N) is 4. The molecule has 7 nitrogen and oxygen atoms in total. The second-order valence-corrected chi connectivity index (χ2v) is 7.41. The van der Waals surface area contributed by atoms with Crippen molar-refractivity contribution in [3.05, 3.63) is 53.0 Å². The lowest BCUT2D eigenvalue weighted by atomic mass is 10.3. The van der Waals surface area contributed by atoms with Crippen LogP contribution in [0.2, 0.25) is 0 Å². The van der Waals surface area contributed by atoms with Crippen molar-refractivity contribution >= 4 is 73.8 Å². The molecule has 2 aromatic carbocycles. The van der Waals surface area contributed by atoms with E-state index in [4.69, 9.17) is 29.2 Å². The van der Waals surface area contributed by atoms with Gasteiger partial charge in [0, 0.05) is 22.3 Å². The summed E-state index contributed by atoms with van der Waals surface area (Å²) < 4.78 is 6.32. The topological polar surface area (TPSA) is 91.5 Å². The van der Waals surface area contributed by atoms with Crippen LogP contribution in [0, 0.1) is 0 Å². The Kier molecular flexibility index (Phi) is 8.97. The van der Waals surface area contributed by atoms with Crippen LogP contribution in [0.15, 0.2) is 53.0 Å². The van der Waals surface area contributed by atoms with Crippen molar-refractivity contribution in [3.63, 3.8) is 0 Å². The van der Waals surface area contributed by atoms with Crippen LogP contribution in [0.1, 0.15) is 13.3 Å². The predicted octanol–water partition coefficient (Wildman–Crippen LogP) is 3.56. The van der Waals surface area contributed by atoms with Gasteiger partial charge in [-0.1, -0.05) is 22.9 Å². The number of halogens is 1. The Morgan fingerprint density at radius 1 is 0.862 bits per heavy atom. The maximum Gasteiger partial charge on any atom is 0.264 e. The minimum absolute atomic E-state index is 0.154. The normalized spacial score (nSPS) is 9.86. The fourth-order valence-electron chi connectivity index (χ4n) is 2.02. The highest BCUT2D eigenvalue weighted by Crippen LogP contribution is 2.16. The van der Waals surface area contributed by atoms with E-state index in [0.29, 0.717) is 23.5 Å². The number of anilines is 2. The molecule has 2 rings (SSSR count). The molecule has 2 amide bonds. The molecule has 0 heterocycles. The van der Waals surface area contributed by atoms with E-state index in [1.165, 1.54) is 0 Å². The van der Waals surface area contributed by atoms with Crippen molar-refractivity contribution in [2.45, 2.75) is 13.3 Å². The number of benzene rings is 2. The number of carbonyl (C=O) groups excluding carboxylic acids is 2. The van der Waals surface area contributed by atoms with Crippen LogP contribution >= 0.6 is 40.4 Å². The average Bonchev–Trinajstić information content (AvgIpc) is 2.68. The van der Waals surface area contributed by atoms with Crippen LogP contribution in [0.25, 0.3) is 0 Å². The molecular formula is C19H19BrN4O3S2. The van der Waals surface area contributed by atoms with Gasteiger partial charge in [-0.05, 0) is 73.0 Å². The molecule has 4 N–H and O–H groups in total. The number of hydrogen-bond acceptors (Lipinski definition) is 5. The van der Waals surface area contributed by atoms with Gasteiger partial charge in [0.15, 0.2) is 16.8 Å². The zero-order valence-corrected chi connectivity index (χ0v) is 18.7. The highest BCUT2D eigenvalue weighted by atomic mass is 79.9.